The number of anilines is 1. The highest BCUT2D eigenvalue weighted by atomic mass is 16.1. The predicted molar refractivity (Wildman–Crippen MR) is 54.9 cm³/mol. The number of rotatable bonds is 2. The molecule has 2 aromatic rings. The number of pyridine rings is 1. The van der Waals surface area contributed by atoms with Gasteiger partial charge in [0.1, 0.15) is 5.82 Å². The second-order valence-electron chi connectivity index (χ2n) is 2.83. The van der Waals surface area contributed by atoms with Gasteiger partial charge in [-0.3, -0.25) is 4.79 Å². The molecule has 2 rings (SSSR count). The molecule has 0 aromatic carbocycles. The number of fused-ring (bicyclic) bond motifs is 1. The van der Waals surface area contributed by atoms with E-state index in [0.29, 0.717) is 5.82 Å². The predicted octanol–water partition coefficient (Wildman–Crippen LogP) is 1.69. The molecule has 0 bridgehead atoms. The van der Waals surface area contributed by atoms with Crippen molar-refractivity contribution in [3.05, 3.63) is 37.2 Å². The topological polar surface area (TPSA) is 57.8 Å². The van der Waals surface area contributed by atoms with E-state index in [1.165, 1.54) is 6.08 Å². The maximum absolute atomic E-state index is 11.0. The lowest BCUT2D eigenvalue weighted by atomic mass is 10.3. The molecule has 0 aliphatic carbocycles. The van der Waals surface area contributed by atoms with Crippen LogP contribution in [0.3, 0.4) is 0 Å². The summed E-state index contributed by atoms with van der Waals surface area (Å²) in [6.45, 7) is 3.36. The van der Waals surface area contributed by atoms with E-state index in [4.69, 9.17) is 0 Å². The Hall–Kier alpha value is -2.10. The summed E-state index contributed by atoms with van der Waals surface area (Å²) in [6, 6.07) is 3.69. The molecule has 4 nitrogen and oxygen atoms in total. The van der Waals surface area contributed by atoms with Gasteiger partial charge in [0.05, 0.1) is 5.52 Å². The number of nitrogens with zero attached hydrogens (tertiary/aromatic N) is 1. The number of aromatic amines is 1. The van der Waals surface area contributed by atoms with E-state index in [1.807, 2.05) is 12.3 Å². The van der Waals surface area contributed by atoms with Crippen LogP contribution in [0.15, 0.2) is 37.2 Å². The van der Waals surface area contributed by atoms with Crippen molar-refractivity contribution < 1.29 is 4.79 Å². The van der Waals surface area contributed by atoms with Crippen LogP contribution in [0, 0.1) is 0 Å². The summed E-state index contributed by atoms with van der Waals surface area (Å²) in [6.07, 6.45) is 4.73. The third-order valence-corrected chi connectivity index (χ3v) is 1.87. The van der Waals surface area contributed by atoms with E-state index in [2.05, 4.69) is 21.9 Å². The van der Waals surface area contributed by atoms with E-state index in [0.717, 1.165) is 10.9 Å². The van der Waals surface area contributed by atoms with E-state index < -0.39 is 0 Å². The number of amides is 1. The van der Waals surface area contributed by atoms with Crippen LogP contribution in [0.4, 0.5) is 5.82 Å². The third-order valence-electron chi connectivity index (χ3n) is 1.87. The first-order chi connectivity index (χ1) is 6.79. The smallest absolute Gasteiger partial charge is 0.248 e. The van der Waals surface area contributed by atoms with E-state index >= 15 is 0 Å². The summed E-state index contributed by atoms with van der Waals surface area (Å²) < 4.78 is 0. The van der Waals surface area contributed by atoms with Gasteiger partial charge in [0.15, 0.2) is 0 Å². The van der Waals surface area contributed by atoms with E-state index in [9.17, 15) is 4.79 Å². The van der Waals surface area contributed by atoms with Crippen LogP contribution in [-0.2, 0) is 4.79 Å². The minimum absolute atomic E-state index is 0.261. The van der Waals surface area contributed by atoms with Gasteiger partial charge >= 0.3 is 0 Å². The van der Waals surface area contributed by atoms with Crippen LogP contribution >= 0.6 is 0 Å². The molecule has 0 saturated carbocycles. The SMILES string of the molecule is C=CC(=O)Nc1cc2[nH]ccc2cn1. The van der Waals surface area contributed by atoms with Gasteiger partial charge in [0, 0.05) is 23.8 Å². The van der Waals surface area contributed by atoms with Gasteiger partial charge in [0.2, 0.25) is 5.91 Å². The van der Waals surface area contributed by atoms with Gasteiger partial charge in [-0.15, -0.1) is 0 Å². The summed E-state index contributed by atoms with van der Waals surface area (Å²) in [4.78, 5) is 18.1. The summed E-state index contributed by atoms with van der Waals surface area (Å²) in [5.74, 6) is 0.258. The number of hydrogen-bond donors (Lipinski definition) is 2. The summed E-state index contributed by atoms with van der Waals surface area (Å²) in [5, 5.41) is 3.60. The van der Waals surface area contributed by atoms with Crippen LogP contribution in [0.5, 0.6) is 0 Å². The highest BCUT2D eigenvalue weighted by molar-refractivity contribution is 5.99. The Labute approximate surface area is 80.7 Å². The molecule has 0 unspecified atom stereocenters. The van der Waals surface area contributed by atoms with Gasteiger partial charge in [0.25, 0.3) is 0 Å². The molecular weight excluding hydrogens is 178 g/mol. The average molecular weight is 187 g/mol. The van der Waals surface area contributed by atoms with Gasteiger partial charge in [-0.05, 0) is 12.1 Å². The molecule has 0 fully saturated rings. The molecule has 2 N–H and O–H groups in total. The van der Waals surface area contributed by atoms with Crippen molar-refractivity contribution >= 4 is 22.6 Å². The summed E-state index contributed by atoms with van der Waals surface area (Å²) in [5.41, 5.74) is 0.944. The van der Waals surface area contributed by atoms with Crippen molar-refractivity contribution in [2.24, 2.45) is 0 Å². The van der Waals surface area contributed by atoms with Crippen molar-refractivity contribution in [3.63, 3.8) is 0 Å². The standard InChI is InChI=1S/C10H9N3O/c1-2-10(14)13-9-5-8-7(6-12-9)3-4-11-8/h2-6,11H,1H2,(H,12,13,14). The van der Waals surface area contributed by atoms with Crippen LogP contribution in [0.1, 0.15) is 0 Å². The highest BCUT2D eigenvalue weighted by Gasteiger charge is 2.00. The minimum atomic E-state index is -0.261. The quantitative estimate of drug-likeness (QED) is 0.703. The Kier molecular flexibility index (Phi) is 2.02. The Morgan fingerprint density at radius 1 is 1.64 bits per heavy atom. The normalized spacial score (nSPS) is 10.0. The molecule has 0 spiro atoms. The maximum atomic E-state index is 11.0. The highest BCUT2D eigenvalue weighted by Crippen LogP contribution is 2.14. The van der Waals surface area contributed by atoms with Crippen LogP contribution < -0.4 is 5.32 Å². The molecule has 0 saturated heterocycles. The maximum Gasteiger partial charge on any atom is 0.248 e. The molecule has 2 aromatic heterocycles. The molecule has 70 valence electrons. The van der Waals surface area contributed by atoms with Crippen molar-refractivity contribution in [1.82, 2.24) is 9.97 Å². The Morgan fingerprint density at radius 3 is 3.29 bits per heavy atom. The van der Waals surface area contributed by atoms with Crippen molar-refractivity contribution in [2.45, 2.75) is 0 Å². The zero-order valence-corrected chi connectivity index (χ0v) is 7.45. The second-order valence-corrected chi connectivity index (χ2v) is 2.83. The number of carbonyl (C=O) groups is 1. The van der Waals surface area contributed by atoms with Crippen molar-refractivity contribution in [1.29, 1.82) is 0 Å². The fourth-order valence-corrected chi connectivity index (χ4v) is 1.19. The molecular formula is C10H9N3O. The van der Waals surface area contributed by atoms with Gasteiger partial charge < -0.3 is 10.3 Å². The lowest BCUT2D eigenvalue weighted by molar-refractivity contribution is -0.111. The first-order valence-corrected chi connectivity index (χ1v) is 4.16. The minimum Gasteiger partial charge on any atom is -0.361 e. The van der Waals surface area contributed by atoms with Crippen molar-refractivity contribution in [2.75, 3.05) is 5.32 Å². The van der Waals surface area contributed by atoms with Crippen LogP contribution in [0.25, 0.3) is 10.9 Å². The number of nitrogens with one attached hydrogen (secondary N) is 2. The molecule has 1 amide bonds. The first kappa shape index (κ1) is 8.50. The summed E-state index contributed by atoms with van der Waals surface area (Å²) >= 11 is 0. The van der Waals surface area contributed by atoms with Crippen LogP contribution in [-0.4, -0.2) is 15.9 Å². The Bertz CT molecular complexity index is 487. The van der Waals surface area contributed by atoms with Gasteiger partial charge in [-0.25, -0.2) is 4.98 Å². The number of aromatic nitrogens is 2. The van der Waals surface area contributed by atoms with E-state index in [1.54, 1.807) is 12.3 Å². The molecule has 0 aliphatic rings. The molecule has 0 radical (unpaired) electrons. The largest absolute Gasteiger partial charge is 0.361 e. The van der Waals surface area contributed by atoms with Gasteiger partial charge in [-0.2, -0.15) is 0 Å². The lowest BCUT2D eigenvalue weighted by Gasteiger charge is -2.00. The Balaban J connectivity index is 2.34. The molecule has 2 heterocycles. The molecule has 0 aliphatic heterocycles. The number of carbonyl (C=O) groups excluding carboxylic acids is 1. The summed E-state index contributed by atoms with van der Waals surface area (Å²) in [7, 11) is 0. The molecule has 14 heavy (non-hydrogen) atoms. The second kappa shape index (κ2) is 3.33. The zero-order chi connectivity index (χ0) is 9.97. The van der Waals surface area contributed by atoms with Gasteiger partial charge in [-0.1, -0.05) is 6.58 Å². The van der Waals surface area contributed by atoms with E-state index in [-0.39, 0.29) is 5.91 Å². The molecule has 0 atom stereocenters. The first-order valence-electron chi connectivity index (χ1n) is 4.16. The van der Waals surface area contributed by atoms with Crippen LogP contribution in [0.2, 0.25) is 0 Å². The third kappa shape index (κ3) is 1.50. The van der Waals surface area contributed by atoms with Crippen molar-refractivity contribution in [3.8, 4) is 0 Å². The monoisotopic (exact) mass is 187 g/mol. The number of hydrogen-bond acceptors (Lipinski definition) is 2. The molecule has 4 heteroatoms. The fourth-order valence-electron chi connectivity index (χ4n) is 1.19. The zero-order valence-electron chi connectivity index (χ0n) is 7.45. The Morgan fingerprint density at radius 2 is 2.50 bits per heavy atom. The number of H-pyrrole nitrogens is 1. The average Bonchev–Trinajstić information content (AvgIpc) is 2.64. The fraction of sp³-hybridized carbons (Fsp3) is 0. The lowest BCUT2D eigenvalue weighted by Crippen LogP contribution is -2.08.